The number of fused-ring (bicyclic) bond motifs is 1. The molecule has 6 nitrogen and oxygen atoms in total. The van der Waals surface area contributed by atoms with Gasteiger partial charge in [0.2, 0.25) is 5.91 Å². The van der Waals surface area contributed by atoms with Gasteiger partial charge in [-0.3, -0.25) is 9.59 Å². The number of hydrogen-bond acceptors (Lipinski definition) is 4. The molecule has 0 spiro atoms. The van der Waals surface area contributed by atoms with E-state index in [1.54, 1.807) is 7.11 Å². The van der Waals surface area contributed by atoms with E-state index in [0.717, 1.165) is 55.0 Å². The first-order chi connectivity index (χ1) is 15.5. The molecule has 0 saturated carbocycles. The molecule has 2 aliphatic rings. The minimum Gasteiger partial charge on any atom is -0.497 e. The van der Waals surface area contributed by atoms with Crippen LogP contribution in [0.3, 0.4) is 0 Å². The van der Waals surface area contributed by atoms with Crippen molar-refractivity contribution in [1.82, 2.24) is 9.80 Å². The van der Waals surface area contributed by atoms with Crippen molar-refractivity contribution in [1.29, 1.82) is 0 Å². The van der Waals surface area contributed by atoms with Crippen LogP contribution in [0.5, 0.6) is 11.5 Å². The molecule has 2 atom stereocenters. The van der Waals surface area contributed by atoms with Gasteiger partial charge in [0.05, 0.1) is 13.5 Å². The number of ether oxygens (including phenoxy) is 2. The second-order valence-electron chi connectivity index (χ2n) is 8.81. The number of carbonyl (C=O) groups excluding carboxylic acids is 2. The summed E-state index contributed by atoms with van der Waals surface area (Å²) >= 11 is 0. The van der Waals surface area contributed by atoms with Crippen LogP contribution in [-0.2, 0) is 16.0 Å². The smallest absolute Gasteiger partial charge is 0.260 e. The number of benzene rings is 2. The molecule has 0 aliphatic carbocycles. The lowest BCUT2D eigenvalue weighted by atomic mass is 9.83. The Hall–Kier alpha value is -3.02. The summed E-state index contributed by atoms with van der Waals surface area (Å²) in [5.74, 6) is 2.04. The van der Waals surface area contributed by atoms with Crippen LogP contribution in [-0.4, -0.2) is 61.0 Å². The fourth-order valence-corrected chi connectivity index (χ4v) is 4.83. The van der Waals surface area contributed by atoms with Gasteiger partial charge in [-0.05, 0) is 61.9 Å². The molecule has 2 heterocycles. The van der Waals surface area contributed by atoms with Crippen LogP contribution in [0.1, 0.15) is 30.4 Å². The van der Waals surface area contributed by atoms with Crippen LogP contribution < -0.4 is 9.47 Å². The summed E-state index contributed by atoms with van der Waals surface area (Å²) in [6.07, 6.45) is 3.25. The van der Waals surface area contributed by atoms with Crippen LogP contribution in [0.15, 0.2) is 48.5 Å². The molecular formula is C26H32N2O4. The maximum atomic E-state index is 12.9. The van der Waals surface area contributed by atoms with Gasteiger partial charge in [0.1, 0.15) is 11.5 Å². The zero-order valence-electron chi connectivity index (χ0n) is 19.0. The van der Waals surface area contributed by atoms with Gasteiger partial charge in [-0.25, -0.2) is 0 Å². The zero-order chi connectivity index (χ0) is 22.5. The predicted octanol–water partition coefficient (Wildman–Crippen LogP) is 3.46. The van der Waals surface area contributed by atoms with Crippen molar-refractivity contribution in [3.63, 3.8) is 0 Å². The van der Waals surface area contributed by atoms with Gasteiger partial charge in [-0.2, -0.15) is 0 Å². The Morgan fingerprint density at radius 3 is 2.38 bits per heavy atom. The number of carbonyl (C=O) groups is 2. The summed E-state index contributed by atoms with van der Waals surface area (Å²) in [6.45, 7) is 4.28. The summed E-state index contributed by atoms with van der Waals surface area (Å²) in [7, 11) is 1.64. The Labute approximate surface area is 190 Å². The molecule has 0 bridgehead atoms. The Bertz CT molecular complexity index is 926. The Kier molecular flexibility index (Phi) is 6.98. The van der Waals surface area contributed by atoms with E-state index in [4.69, 9.17) is 9.47 Å². The van der Waals surface area contributed by atoms with E-state index >= 15 is 0 Å². The topological polar surface area (TPSA) is 59.1 Å². The van der Waals surface area contributed by atoms with Gasteiger partial charge in [0, 0.05) is 25.7 Å². The van der Waals surface area contributed by atoms with Crippen molar-refractivity contribution in [2.75, 3.05) is 33.4 Å². The number of rotatable bonds is 6. The first-order valence-electron chi connectivity index (χ1n) is 11.4. The molecule has 2 aliphatic heterocycles. The van der Waals surface area contributed by atoms with Crippen molar-refractivity contribution in [2.24, 2.45) is 5.92 Å². The van der Waals surface area contributed by atoms with Crippen molar-refractivity contribution in [3.05, 3.63) is 59.7 Å². The highest BCUT2D eigenvalue weighted by Gasteiger charge is 2.39. The molecule has 2 aromatic carbocycles. The number of piperidine rings is 2. The molecule has 2 saturated heterocycles. The quantitative estimate of drug-likeness (QED) is 0.696. The molecule has 0 radical (unpaired) electrons. The van der Waals surface area contributed by atoms with Crippen molar-refractivity contribution >= 4 is 11.8 Å². The highest BCUT2D eigenvalue weighted by Crippen LogP contribution is 2.31. The number of amides is 2. The lowest BCUT2D eigenvalue weighted by Crippen LogP contribution is -2.57. The molecule has 4 rings (SSSR count). The van der Waals surface area contributed by atoms with E-state index in [2.05, 4.69) is 0 Å². The normalized spacial score (nSPS) is 20.4. The first kappa shape index (κ1) is 22.2. The minimum atomic E-state index is 0.0401. The Morgan fingerprint density at radius 2 is 1.66 bits per heavy atom. The molecule has 2 amide bonds. The van der Waals surface area contributed by atoms with Crippen LogP contribution in [0.25, 0.3) is 0 Å². The van der Waals surface area contributed by atoms with E-state index in [-0.39, 0.29) is 24.5 Å². The number of aryl methyl sites for hydroxylation is 1. The summed E-state index contributed by atoms with van der Waals surface area (Å²) in [4.78, 5) is 29.8. The monoisotopic (exact) mass is 436 g/mol. The number of likely N-dealkylation sites (tertiary alicyclic amines) is 2. The van der Waals surface area contributed by atoms with Gasteiger partial charge in [0.25, 0.3) is 5.91 Å². The third-order valence-corrected chi connectivity index (χ3v) is 6.64. The zero-order valence-corrected chi connectivity index (χ0v) is 19.0. The summed E-state index contributed by atoms with van der Waals surface area (Å²) in [6, 6.07) is 15.6. The molecule has 32 heavy (non-hydrogen) atoms. The lowest BCUT2D eigenvalue weighted by Gasteiger charge is -2.47. The fraction of sp³-hybridized carbons (Fsp3) is 0.462. The Balaban J connectivity index is 1.31. The minimum absolute atomic E-state index is 0.0401. The van der Waals surface area contributed by atoms with Gasteiger partial charge in [-0.15, -0.1) is 0 Å². The third-order valence-electron chi connectivity index (χ3n) is 6.64. The predicted molar refractivity (Wildman–Crippen MR) is 123 cm³/mol. The molecule has 0 unspecified atom stereocenters. The van der Waals surface area contributed by atoms with Crippen molar-refractivity contribution < 1.29 is 19.1 Å². The van der Waals surface area contributed by atoms with Crippen LogP contribution >= 0.6 is 0 Å². The first-order valence-corrected chi connectivity index (χ1v) is 11.4. The van der Waals surface area contributed by atoms with Crippen LogP contribution in [0.2, 0.25) is 0 Å². The third kappa shape index (κ3) is 5.23. The van der Waals surface area contributed by atoms with E-state index in [9.17, 15) is 9.59 Å². The molecule has 170 valence electrons. The van der Waals surface area contributed by atoms with E-state index in [1.165, 1.54) is 0 Å². The number of nitrogens with zero attached hydrogens (tertiary/aromatic N) is 2. The highest BCUT2D eigenvalue weighted by atomic mass is 16.5. The van der Waals surface area contributed by atoms with E-state index < -0.39 is 0 Å². The summed E-state index contributed by atoms with van der Waals surface area (Å²) < 4.78 is 10.9. The lowest BCUT2D eigenvalue weighted by molar-refractivity contribution is -0.143. The molecule has 2 fully saturated rings. The van der Waals surface area contributed by atoms with Gasteiger partial charge >= 0.3 is 0 Å². The average molecular weight is 437 g/mol. The summed E-state index contributed by atoms with van der Waals surface area (Å²) in [5.41, 5.74) is 2.16. The van der Waals surface area contributed by atoms with Gasteiger partial charge in [0.15, 0.2) is 6.61 Å². The van der Waals surface area contributed by atoms with E-state index in [0.29, 0.717) is 18.9 Å². The molecule has 0 N–H and O–H groups in total. The molecule has 0 aromatic heterocycles. The average Bonchev–Trinajstić information content (AvgIpc) is 2.83. The Morgan fingerprint density at radius 1 is 0.938 bits per heavy atom. The number of methoxy groups -OCH3 is 1. The molecule has 2 aromatic rings. The maximum absolute atomic E-state index is 12.9. The van der Waals surface area contributed by atoms with E-state index in [1.807, 2.05) is 65.3 Å². The second-order valence-corrected chi connectivity index (χ2v) is 8.81. The van der Waals surface area contributed by atoms with Gasteiger partial charge < -0.3 is 19.3 Å². The summed E-state index contributed by atoms with van der Waals surface area (Å²) in [5, 5.41) is 0. The molecular weight excluding hydrogens is 404 g/mol. The standard InChI is InChI=1S/C26H32N2O4/c1-19-5-9-23(10-6-19)32-18-26(30)28-14-3-4-21-17-27(15-13-24(21)28)25(29)16-20-7-11-22(31-2)12-8-20/h5-12,21,24H,3-4,13-18H2,1-2H3/t21-,24+/m1/s1. The number of hydrogen-bond donors (Lipinski definition) is 0. The van der Waals surface area contributed by atoms with Crippen molar-refractivity contribution in [2.45, 2.75) is 38.6 Å². The van der Waals surface area contributed by atoms with Gasteiger partial charge in [-0.1, -0.05) is 29.8 Å². The van der Waals surface area contributed by atoms with Crippen LogP contribution in [0.4, 0.5) is 0 Å². The SMILES string of the molecule is COc1ccc(CC(=O)N2CC[C@H]3[C@H](CCCN3C(=O)COc3ccc(C)cc3)C2)cc1. The largest absolute Gasteiger partial charge is 0.497 e. The molecule has 6 heteroatoms. The second kappa shape index (κ2) is 10.1. The fourth-order valence-electron chi connectivity index (χ4n) is 4.83. The maximum Gasteiger partial charge on any atom is 0.260 e. The highest BCUT2D eigenvalue weighted by molar-refractivity contribution is 5.80. The van der Waals surface area contributed by atoms with Crippen molar-refractivity contribution in [3.8, 4) is 11.5 Å². The van der Waals surface area contributed by atoms with Crippen LogP contribution in [0, 0.1) is 12.8 Å².